The quantitative estimate of drug-likeness (QED) is 0.448. The number of aliphatic hydroxyl groups is 2. The van der Waals surface area contributed by atoms with E-state index >= 15 is 4.39 Å². The number of esters is 1. The number of epoxide rings is 1. The van der Waals surface area contributed by atoms with Gasteiger partial charge in [0, 0.05) is 17.7 Å². The largest absolute Gasteiger partial charge is 0.455 e. The first kappa shape index (κ1) is 27.9. The lowest BCUT2D eigenvalue weighted by atomic mass is 9.73. The van der Waals surface area contributed by atoms with Crippen molar-refractivity contribution >= 4 is 29.2 Å². The Bertz CT molecular complexity index is 961. The van der Waals surface area contributed by atoms with Crippen LogP contribution in [0.15, 0.2) is 11.2 Å². The van der Waals surface area contributed by atoms with Crippen LogP contribution >= 0.6 is 11.3 Å². The van der Waals surface area contributed by atoms with Crippen LogP contribution in [0.4, 0.5) is 4.39 Å². The molecule has 7 atom stereocenters. The fourth-order valence-corrected chi connectivity index (χ4v) is 5.44. The molecule has 0 aromatic carbocycles. The smallest absolute Gasteiger partial charge is 0.309 e. The summed E-state index contributed by atoms with van der Waals surface area (Å²) in [5.41, 5.74) is -1.32. The minimum absolute atomic E-state index is 0.129. The maximum absolute atomic E-state index is 15.3. The van der Waals surface area contributed by atoms with Gasteiger partial charge in [-0.25, -0.2) is 9.37 Å². The van der Waals surface area contributed by atoms with Gasteiger partial charge in [0.25, 0.3) is 0 Å². The highest BCUT2D eigenvalue weighted by molar-refractivity contribution is 7.09. The third kappa shape index (κ3) is 6.56. The van der Waals surface area contributed by atoms with Gasteiger partial charge in [0.2, 0.25) is 0 Å². The molecule has 0 saturated carbocycles. The van der Waals surface area contributed by atoms with Gasteiger partial charge in [0.15, 0.2) is 6.10 Å². The van der Waals surface area contributed by atoms with Crippen LogP contribution in [0.3, 0.4) is 0 Å². The number of rotatable bonds is 2. The highest BCUT2D eigenvalue weighted by Crippen LogP contribution is 2.45. The van der Waals surface area contributed by atoms with Crippen molar-refractivity contribution in [3.63, 3.8) is 0 Å². The normalized spacial score (nSPS) is 37.5. The summed E-state index contributed by atoms with van der Waals surface area (Å²) in [5.74, 6) is -2.62. The second-order valence-corrected chi connectivity index (χ2v) is 12.0. The van der Waals surface area contributed by atoms with Gasteiger partial charge >= 0.3 is 5.97 Å². The molecule has 196 valence electrons. The molecule has 9 heteroatoms. The zero-order valence-electron chi connectivity index (χ0n) is 21.4. The van der Waals surface area contributed by atoms with Crippen molar-refractivity contribution < 1.29 is 33.7 Å². The topological polar surface area (TPSA) is 109 Å². The molecule has 2 fully saturated rings. The number of fused-ring (bicyclic) bond motifs is 1. The number of ketones is 1. The number of thiazole rings is 1. The average molecular weight is 512 g/mol. The van der Waals surface area contributed by atoms with Crippen molar-refractivity contribution in [3.8, 4) is 0 Å². The van der Waals surface area contributed by atoms with Gasteiger partial charge in [-0.1, -0.05) is 34.1 Å². The van der Waals surface area contributed by atoms with E-state index in [2.05, 4.69) is 4.98 Å². The molecule has 2 saturated heterocycles. The fraction of sp³-hybridized carbons (Fsp3) is 0.731. The monoisotopic (exact) mass is 511 g/mol. The predicted molar refractivity (Wildman–Crippen MR) is 131 cm³/mol. The van der Waals surface area contributed by atoms with E-state index in [0.717, 1.165) is 11.4 Å². The van der Waals surface area contributed by atoms with Gasteiger partial charge in [-0.15, -0.1) is 11.3 Å². The van der Waals surface area contributed by atoms with E-state index in [-0.39, 0.29) is 24.2 Å². The summed E-state index contributed by atoms with van der Waals surface area (Å²) < 4.78 is 26.7. The van der Waals surface area contributed by atoms with Gasteiger partial charge < -0.3 is 19.7 Å². The molecule has 35 heavy (non-hydrogen) atoms. The van der Waals surface area contributed by atoms with Crippen LogP contribution in [0.5, 0.6) is 0 Å². The molecule has 0 aliphatic carbocycles. The number of Topliss-reactive ketones (excluding diaryl/α,β-unsaturated/α-hetero) is 1. The van der Waals surface area contributed by atoms with Gasteiger partial charge in [0.05, 0.1) is 46.5 Å². The van der Waals surface area contributed by atoms with Gasteiger partial charge in [-0.05, 0) is 38.7 Å². The molecule has 0 amide bonds. The maximum atomic E-state index is 15.3. The first-order valence-electron chi connectivity index (χ1n) is 12.3. The lowest BCUT2D eigenvalue weighted by Gasteiger charge is -2.34. The Balaban J connectivity index is 1.85. The molecular weight excluding hydrogens is 473 g/mol. The molecule has 2 aliphatic heterocycles. The summed E-state index contributed by atoms with van der Waals surface area (Å²) >= 11 is 1.39. The Morgan fingerprint density at radius 1 is 1.26 bits per heavy atom. The van der Waals surface area contributed by atoms with Crippen LogP contribution in [0.2, 0.25) is 0 Å². The van der Waals surface area contributed by atoms with Crippen LogP contribution in [0.1, 0.15) is 77.4 Å². The molecule has 3 heterocycles. The van der Waals surface area contributed by atoms with Gasteiger partial charge in [-0.2, -0.15) is 0 Å². The lowest BCUT2D eigenvalue weighted by molar-refractivity contribution is -0.155. The Kier molecular flexibility index (Phi) is 8.57. The Morgan fingerprint density at radius 2 is 1.94 bits per heavy atom. The molecule has 1 aromatic heterocycles. The van der Waals surface area contributed by atoms with E-state index in [1.807, 2.05) is 20.8 Å². The predicted octanol–water partition coefficient (Wildman–Crippen LogP) is 4.38. The van der Waals surface area contributed by atoms with Crippen molar-refractivity contribution in [2.24, 2.45) is 17.3 Å². The molecule has 7 nitrogen and oxygen atoms in total. The number of aromatic nitrogens is 1. The van der Waals surface area contributed by atoms with E-state index in [1.165, 1.54) is 17.4 Å². The number of aliphatic hydroxyl groups excluding tert-OH is 2. The molecule has 2 N–H and O–H groups in total. The summed E-state index contributed by atoms with van der Waals surface area (Å²) in [6.07, 6.45) is -0.593. The number of ether oxygens (including phenoxy) is 2. The molecule has 1 aromatic rings. The van der Waals surface area contributed by atoms with Crippen LogP contribution in [-0.2, 0) is 19.1 Å². The maximum Gasteiger partial charge on any atom is 0.309 e. The number of carbonyl (C=O) groups excluding carboxylic acids is 2. The van der Waals surface area contributed by atoms with Crippen LogP contribution in [0.25, 0.3) is 6.08 Å². The van der Waals surface area contributed by atoms with E-state index < -0.39 is 53.5 Å². The standard InChI is InChI=1S/C26H38FNO6S/c1-14-8-7-9-26(6)21(34-26)11-19(18(27)10-17-13-35-16(3)28-17)33-22(30)12-20(29)25(4,5)24(32)15(2)23(14)31/h10,13-15,19-21,23,29,31H,7-9,11-12H2,1-6H3/t14-,15+,19-,20-,21-,23-,26+/m0/s1. The summed E-state index contributed by atoms with van der Waals surface area (Å²) in [5, 5.41) is 24.1. The summed E-state index contributed by atoms with van der Waals surface area (Å²) in [7, 11) is 0. The number of hydrogen-bond acceptors (Lipinski definition) is 8. The SMILES string of the molecule is Cc1nc(C=C(F)[C@@H]2C[C@@H]3O[C@]3(C)CCC[C@H](C)[C@H](O)[C@@H](C)C(=O)C(C)(C)[C@@H](O)CC(=O)O2)cs1. The summed E-state index contributed by atoms with van der Waals surface area (Å²) in [6, 6.07) is 0. The average Bonchev–Trinajstić information content (AvgIpc) is 3.22. The third-order valence-corrected chi connectivity index (χ3v) is 8.43. The lowest BCUT2D eigenvalue weighted by Crippen LogP contribution is -2.45. The number of nitrogens with zero attached hydrogens (tertiary/aromatic N) is 1. The van der Waals surface area contributed by atoms with Crippen molar-refractivity contribution in [3.05, 3.63) is 21.9 Å². The minimum Gasteiger partial charge on any atom is -0.455 e. The minimum atomic E-state index is -1.35. The summed E-state index contributed by atoms with van der Waals surface area (Å²) in [4.78, 5) is 30.2. The molecule has 0 spiro atoms. The Hall–Kier alpha value is -1.68. The molecule has 0 unspecified atom stereocenters. The van der Waals surface area contributed by atoms with Crippen molar-refractivity contribution in [2.45, 2.75) is 104 Å². The van der Waals surface area contributed by atoms with Crippen molar-refractivity contribution in [2.75, 3.05) is 0 Å². The molecule has 3 rings (SSSR count). The first-order valence-corrected chi connectivity index (χ1v) is 13.2. The number of cyclic esters (lactones) is 1. The highest BCUT2D eigenvalue weighted by Gasteiger charge is 2.53. The third-order valence-electron chi connectivity index (χ3n) is 7.64. The highest BCUT2D eigenvalue weighted by atomic mass is 32.1. The fourth-order valence-electron chi connectivity index (χ4n) is 4.86. The number of hydrogen-bond donors (Lipinski definition) is 2. The van der Waals surface area contributed by atoms with Crippen LogP contribution in [-0.4, -0.2) is 57.0 Å². The first-order chi connectivity index (χ1) is 16.2. The number of carbonyl (C=O) groups is 2. The van der Waals surface area contributed by atoms with Crippen molar-refractivity contribution in [1.82, 2.24) is 4.98 Å². The Labute approximate surface area is 210 Å². The molecule has 0 bridgehead atoms. The zero-order valence-corrected chi connectivity index (χ0v) is 22.2. The van der Waals surface area contributed by atoms with Gasteiger partial charge in [0.1, 0.15) is 11.6 Å². The van der Waals surface area contributed by atoms with E-state index in [9.17, 15) is 19.8 Å². The zero-order chi connectivity index (χ0) is 26.1. The van der Waals surface area contributed by atoms with Crippen LogP contribution in [0, 0.1) is 24.2 Å². The van der Waals surface area contributed by atoms with E-state index in [4.69, 9.17) is 9.47 Å². The second kappa shape index (κ2) is 10.7. The van der Waals surface area contributed by atoms with E-state index in [1.54, 1.807) is 26.2 Å². The van der Waals surface area contributed by atoms with E-state index in [0.29, 0.717) is 18.5 Å². The molecule has 0 radical (unpaired) electrons. The Morgan fingerprint density at radius 3 is 2.57 bits per heavy atom. The molecule has 2 aliphatic rings. The van der Waals surface area contributed by atoms with Crippen molar-refractivity contribution in [1.29, 1.82) is 0 Å². The number of aryl methyl sites for hydroxylation is 1. The number of halogens is 1. The second-order valence-electron chi connectivity index (χ2n) is 10.9. The summed E-state index contributed by atoms with van der Waals surface area (Å²) in [6.45, 7) is 10.4. The van der Waals surface area contributed by atoms with Gasteiger partial charge in [-0.3, -0.25) is 9.59 Å². The molecular formula is C26H38FNO6S. The van der Waals surface area contributed by atoms with Crippen LogP contribution < -0.4 is 0 Å².